The number of nitrogens with zero attached hydrogens (tertiary/aromatic N) is 1. The van der Waals surface area contributed by atoms with Gasteiger partial charge in [0.2, 0.25) is 5.91 Å². The summed E-state index contributed by atoms with van der Waals surface area (Å²) in [5.41, 5.74) is 6.50. The molecule has 5 nitrogen and oxygen atoms in total. The Bertz CT molecular complexity index is 754. The lowest BCUT2D eigenvalue weighted by Gasteiger charge is -2.09. The lowest BCUT2D eigenvalue weighted by atomic mass is 10.0. The van der Waals surface area contributed by atoms with Gasteiger partial charge in [-0.2, -0.15) is 5.10 Å². The van der Waals surface area contributed by atoms with Gasteiger partial charge in [0.15, 0.2) is 11.5 Å². The van der Waals surface area contributed by atoms with Crippen LogP contribution in [0.1, 0.15) is 22.3 Å². The first-order valence-electron chi connectivity index (χ1n) is 7.64. The molecule has 0 spiro atoms. The number of ether oxygens (including phenoxy) is 2. The van der Waals surface area contributed by atoms with Crippen LogP contribution in [0.2, 0.25) is 0 Å². The van der Waals surface area contributed by atoms with Crippen molar-refractivity contribution < 1.29 is 14.3 Å². The van der Waals surface area contributed by atoms with E-state index in [4.69, 9.17) is 9.47 Å². The third kappa shape index (κ3) is 4.35. The van der Waals surface area contributed by atoms with Crippen molar-refractivity contribution in [2.75, 3.05) is 14.2 Å². The molecule has 0 fully saturated rings. The van der Waals surface area contributed by atoms with Gasteiger partial charge in [-0.1, -0.05) is 29.8 Å². The van der Waals surface area contributed by atoms with Crippen LogP contribution in [0.4, 0.5) is 0 Å². The molecule has 24 heavy (non-hydrogen) atoms. The predicted octanol–water partition coefficient (Wildman–Crippen LogP) is 3.01. The normalized spacial score (nSPS) is 10.7. The Kier molecular flexibility index (Phi) is 5.95. The van der Waals surface area contributed by atoms with E-state index < -0.39 is 0 Å². The minimum atomic E-state index is -0.165. The van der Waals surface area contributed by atoms with Crippen LogP contribution >= 0.6 is 0 Å². The topological polar surface area (TPSA) is 59.9 Å². The molecule has 0 heterocycles. The second-order valence-corrected chi connectivity index (χ2v) is 5.48. The molecule has 5 heteroatoms. The quantitative estimate of drug-likeness (QED) is 0.656. The summed E-state index contributed by atoms with van der Waals surface area (Å²) in [5.74, 6) is 1.03. The minimum absolute atomic E-state index is 0.165. The number of aryl methyl sites for hydroxylation is 2. The molecule has 2 rings (SSSR count). The van der Waals surface area contributed by atoms with Crippen LogP contribution in [0.5, 0.6) is 11.5 Å². The van der Waals surface area contributed by atoms with Crippen LogP contribution < -0.4 is 14.9 Å². The van der Waals surface area contributed by atoms with Crippen molar-refractivity contribution in [3.63, 3.8) is 0 Å². The van der Waals surface area contributed by atoms with E-state index >= 15 is 0 Å². The van der Waals surface area contributed by atoms with Gasteiger partial charge in [0.1, 0.15) is 0 Å². The van der Waals surface area contributed by atoms with E-state index in [1.165, 1.54) is 0 Å². The molecule has 0 saturated heterocycles. The fourth-order valence-electron chi connectivity index (χ4n) is 2.39. The molecule has 2 aromatic rings. The summed E-state index contributed by atoms with van der Waals surface area (Å²) in [6.45, 7) is 4.00. The van der Waals surface area contributed by atoms with E-state index in [0.29, 0.717) is 17.9 Å². The number of hydrogen-bond donors (Lipinski definition) is 1. The van der Waals surface area contributed by atoms with Gasteiger partial charge >= 0.3 is 0 Å². The number of nitrogens with one attached hydrogen (secondary N) is 1. The molecule has 126 valence electrons. The lowest BCUT2D eigenvalue weighted by Crippen LogP contribution is -2.20. The Labute approximate surface area is 142 Å². The number of carbonyl (C=O) groups excluding carboxylic acids is 1. The van der Waals surface area contributed by atoms with Gasteiger partial charge in [-0.3, -0.25) is 4.79 Å². The number of benzene rings is 2. The van der Waals surface area contributed by atoms with E-state index in [1.807, 2.05) is 44.2 Å². The van der Waals surface area contributed by atoms with Gasteiger partial charge in [0.25, 0.3) is 0 Å². The van der Waals surface area contributed by atoms with Crippen LogP contribution in [0.15, 0.2) is 41.5 Å². The summed E-state index contributed by atoms with van der Waals surface area (Å²) >= 11 is 0. The molecular formula is C19H22N2O3. The summed E-state index contributed by atoms with van der Waals surface area (Å²) < 4.78 is 10.6. The number of para-hydroxylation sites is 1. The van der Waals surface area contributed by atoms with Gasteiger partial charge in [-0.25, -0.2) is 5.43 Å². The van der Waals surface area contributed by atoms with Crippen molar-refractivity contribution in [3.8, 4) is 11.5 Å². The van der Waals surface area contributed by atoms with Crippen molar-refractivity contribution in [2.45, 2.75) is 20.3 Å². The number of methoxy groups -OCH3 is 2. The number of hydrazone groups is 1. The van der Waals surface area contributed by atoms with E-state index in [9.17, 15) is 4.79 Å². The SMILES string of the molecule is COc1cccc(/C=N/NC(=O)Cc2cc(C)ccc2C)c1OC. The lowest BCUT2D eigenvalue weighted by molar-refractivity contribution is -0.120. The largest absolute Gasteiger partial charge is 0.493 e. The molecule has 0 aromatic heterocycles. The molecule has 0 radical (unpaired) electrons. The summed E-state index contributed by atoms with van der Waals surface area (Å²) in [7, 11) is 3.14. The molecule has 0 unspecified atom stereocenters. The molecule has 0 aliphatic carbocycles. The molecular weight excluding hydrogens is 304 g/mol. The minimum Gasteiger partial charge on any atom is -0.493 e. The maximum Gasteiger partial charge on any atom is 0.244 e. The second-order valence-electron chi connectivity index (χ2n) is 5.48. The van der Waals surface area contributed by atoms with Crippen molar-refractivity contribution in [3.05, 3.63) is 58.7 Å². The molecule has 0 aliphatic rings. The first kappa shape index (κ1) is 17.5. The summed E-state index contributed by atoms with van der Waals surface area (Å²) in [5, 5.41) is 4.01. The number of rotatable bonds is 6. The smallest absolute Gasteiger partial charge is 0.244 e. The van der Waals surface area contributed by atoms with E-state index in [0.717, 1.165) is 22.3 Å². The summed E-state index contributed by atoms with van der Waals surface area (Å²) in [6.07, 6.45) is 1.84. The van der Waals surface area contributed by atoms with Gasteiger partial charge in [-0.05, 0) is 37.1 Å². The Morgan fingerprint density at radius 3 is 2.67 bits per heavy atom. The highest BCUT2D eigenvalue weighted by Gasteiger charge is 2.08. The third-order valence-electron chi connectivity index (χ3n) is 3.68. The number of hydrogen-bond acceptors (Lipinski definition) is 4. The van der Waals surface area contributed by atoms with Crippen LogP contribution in [0.25, 0.3) is 0 Å². The van der Waals surface area contributed by atoms with Gasteiger partial charge in [0.05, 0.1) is 26.9 Å². The molecule has 1 N–H and O–H groups in total. The molecule has 2 aromatic carbocycles. The zero-order chi connectivity index (χ0) is 17.5. The van der Waals surface area contributed by atoms with Crippen molar-refractivity contribution in [2.24, 2.45) is 5.10 Å². The Morgan fingerprint density at radius 2 is 1.96 bits per heavy atom. The Morgan fingerprint density at radius 1 is 1.17 bits per heavy atom. The maximum atomic E-state index is 12.1. The zero-order valence-corrected chi connectivity index (χ0v) is 14.4. The maximum absolute atomic E-state index is 12.1. The third-order valence-corrected chi connectivity index (χ3v) is 3.68. The monoisotopic (exact) mass is 326 g/mol. The highest BCUT2D eigenvalue weighted by atomic mass is 16.5. The van der Waals surface area contributed by atoms with E-state index in [2.05, 4.69) is 10.5 Å². The summed E-state index contributed by atoms with van der Waals surface area (Å²) in [6, 6.07) is 11.5. The highest BCUT2D eigenvalue weighted by molar-refractivity contribution is 5.87. The van der Waals surface area contributed by atoms with Crippen LogP contribution in [-0.4, -0.2) is 26.3 Å². The van der Waals surface area contributed by atoms with Crippen LogP contribution in [0.3, 0.4) is 0 Å². The number of carbonyl (C=O) groups is 1. The molecule has 1 amide bonds. The fraction of sp³-hybridized carbons (Fsp3) is 0.263. The first-order valence-corrected chi connectivity index (χ1v) is 7.64. The molecule has 0 saturated carbocycles. The fourth-order valence-corrected chi connectivity index (χ4v) is 2.39. The van der Waals surface area contributed by atoms with E-state index in [-0.39, 0.29) is 5.91 Å². The first-order chi connectivity index (χ1) is 11.5. The van der Waals surface area contributed by atoms with Gasteiger partial charge in [-0.15, -0.1) is 0 Å². The predicted molar refractivity (Wildman–Crippen MR) is 94.9 cm³/mol. The summed E-state index contributed by atoms with van der Waals surface area (Å²) in [4.78, 5) is 12.1. The van der Waals surface area contributed by atoms with Crippen LogP contribution in [-0.2, 0) is 11.2 Å². The molecule has 0 aliphatic heterocycles. The Hall–Kier alpha value is -2.82. The van der Waals surface area contributed by atoms with Crippen LogP contribution in [0, 0.1) is 13.8 Å². The zero-order valence-electron chi connectivity index (χ0n) is 14.4. The van der Waals surface area contributed by atoms with Crippen molar-refractivity contribution >= 4 is 12.1 Å². The van der Waals surface area contributed by atoms with Crippen molar-refractivity contribution in [1.82, 2.24) is 5.43 Å². The van der Waals surface area contributed by atoms with E-state index in [1.54, 1.807) is 26.5 Å². The Balaban J connectivity index is 2.04. The van der Waals surface area contributed by atoms with Gasteiger partial charge < -0.3 is 9.47 Å². The average molecular weight is 326 g/mol. The molecule has 0 bridgehead atoms. The molecule has 0 atom stereocenters. The van der Waals surface area contributed by atoms with Crippen molar-refractivity contribution in [1.29, 1.82) is 0 Å². The highest BCUT2D eigenvalue weighted by Crippen LogP contribution is 2.29. The second kappa shape index (κ2) is 8.15. The van der Waals surface area contributed by atoms with Gasteiger partial charge in [0, 0.05) is 5.56 Å². The average Bonchev–Trinajstić information content (AvgIpc) is 2.57. The standard InChI is InChI=1S/C19H22N2O3/c1-13-8-9-14(2)16(10-13)11-18(22)21-20-12-15-6-5-7-17(23-3)19(15)24-4/h5-10,12H,11H2,1-4H3,(H,21,22)/b20-12+. The number of amides is 1.